The van der Waals surface area contributed by atoms with Crippen molar-refractivity contribution in [3.63, 3.8) is 0 Å². The number of amides is 2. The van der Waals surface area contributed by atoms with Crippen molar-refractivity contribution in [3.8, 4) is 5.75 Å². The van der Waals surface area contributed by atoms with Gasteiger partial charge in [0.25, 0.3) is 0 Å². The fourth-order valence-corrected chi connectivity index (χ4v) is 3.30. The molecule has 2 heterocycles. The molecule has 0 saturated heterocycles. The van der Waals surface area contributed by atoms with E-state index >= 15 is 0 Å². The van der Waals surface area contributed by atoms with Gasteiger partial charge in [0.2, 0.25) is 0 Å². The summed E-state index contributed by atoms with van der Waals surface area (Å²) in [5.41, 5.74) is 0.647. The Morgan fingerprint density at radius 1 is 1.28 bits per heavy atom. The minimum atomic E-state index is -0.277. The van der Waals surface area contributed by atoms with Crippen LogP contribution in [-0.2, 0) is 0 Å². The number of nitrogens with one attached hydrogen (secondary N) is 2. The van der Waals surface area contributed by atoms with Crippen LogP contribution in [0.2, 0.25) is 0 Å². The fraction of sp³-hybridized carbons (Fsp3) is 0.222. The number of aromatic nitrogens is 2. The SMILES string of the molecule is CCOc1ccccc1NC(=O)NCC(c1cccs1)n1cccn1. The maximum absolute atomic E-state index is 12.3. The molecule has 7 heteroatoms. The van der Waals surface area contributed by atoms with E-state index in [0.29, 0.717) is 24.6 Å². The van der Waals surface area contributed by atoms with E-state index in [9.17, 15) is 4.79 Å². The lowest BCUT2D eigenvalue weighted by atomic mass is 10.2. The standard InChI is InChI=1S/C18H20N4O2S/c1-2-24-16-8-4-3-7-14(16)21-18(23)19-13-15(17-9-5-12-25-17)22-11-6-10-20-22/h3-12,15H,2,13H2,1H3,(H2,19,21,23). The third-order valence-corrected chi connectivity index (χ3v) is 4.58. The van der Waals surface area contributed by atoms with E-state index in [1.165, 1.54) is 0 Å². The summed E-state index contributed by atoms with van der Waals surface area (Å²) >= 11 is 1.64. The second-order valence-corrected chi connectivity index (χ2v) is 6.26. The lowest BCUT2D eigenvalue weighted by Crippen LogP contribution is -2.34. The third kappa shape index (κ3) is 4.39. The zero-order valence-electron chi connectivity index (χ0n) is 13.9. The van der Waals surface area contributed by atoms with E-state index in [0.717, 1.165) is 4.88 Å². The molecule has 1 atom stereocenters. The molecule has 0 bridgehead atoms. The van der Waals surface area contributed by atoms with Gasteiger partial charge in [0.15, 0.2) is 0 Å². The highest BCUT2D eigenvalue weighted by Gasteiger charge is 2.16. The van der Waals surface area contributed by atoms with Gasteiger partial charge in [-0.05, 0) is 36.6 Å². The van der Waals surface area contributed by atoms with Crippen molar-refractivity contribution < 1.29 is 9.53 Å². The minimum Gasteiger partial charge on any atom is -0.492 e. The zero-order chi connectivity index (χ0) is 17.5. The van der Waals surface area contributed by atoms with Gasteiger partial charge < -0.3 is 15.4 Å². The normalized spacial score (nSPS) is 11.7. The smallest absolute Gasteiger partial charge is 0.319 e. The van der Waals surface area contributed by atoms with Gasteiger partial charge in [-0.25, -0.2) is 4.79 Å². The van der Waals surface area contributed by atoms with Gasteiger partial charge in [0.1, 0.15) is 11.8 Å². The van der Waals surface area contributed by atoms with Crippen LogP contribution in [0, 0.1) is 0 Å². The van der Waals surface area contributed by atoms with Crippen LogP contribution < -0.4 is 15.4 Å². The molecular weight excluding hydrogens is 336 g/mol. The van der Waals surface area contributed by atoms with Crippen molar-refractivity contribution in [3.05, 3.63) is 65.1 Å². The molecule has 2 aromatic heterocycles. The number of hydrogen-bond acceptors (Lipinski definition) is 4. The Morgan fingerprint density at radius 2 is 2.16 bits per heavy atom. The molecule has 25 heavy (non-hydrogen) atoms. The molecule has 0 spiro atoms. The fourth-order valence-electron chi connectivity index (χ4n) is 2.48. The van der Waals surface area contributed by atoms with Crippen LogP contribution in [0.3, 0.4) is 0 Å². The number of benzene rings is 1. The molecule has 0 aliphatic heterocycles. The summed E-state index contributed by atoms with van der Waals surface area (Å²) in [4.78, 5) is 13.4. The predicted octanol–water partition coefficient (Wildman–Crippen LogP) is 3.75. The molecule has 0 aliphatic carbocycles. The lowest BCUT2D eigenvalue weighted by molar-refractivity contribution is 0.250. The largest absolute Gasteiger partial charge is 0.492 e. The predicted molar refractivity (Wildman–Crippen MR) is 99.3 cm³/mol. The average Bonchev–Trinajstić information content (AvgIpc) is 3.31. The van der Waals surface area contributed by atoms with Crippen molar-refractivity contribution in [2.45, 2.75) is 13.0 Å². The highest BCUT2D eigenvalue weighted by Crippen LogP contribution is 2.24. The van der Waals surface area contributed by atoms with E-state index in [2.05, 4.69) is 15.7 Å². The number of ether oxygens (including phenoxy) is 1. The lowest BCUT2D eigenvalue weighted by Gasteiger charge is -2.18. The van der Waals surface area contributed by atoms with Crippen molar-refractivity contribution >= 4 is 23.1 Å². The van der Waals surface area contributed by atoms with Crippen molar-refractivity contribution in [1.29, 1.82) is 0 Å². The van der Waals surface area contributed by atoms with Crippen LogP contribution >= 0.6 is 11.3 Å². The summed E-state index contributed by atoms with van der Waals surface area (Å²) in [7, 11) is 0. The molecule has 1 aromatic carbocycles. The summed E-state index contributed by atoms with van der Waals surface area (Å²) < 4.78 is 7.37. The monoisotopic (exact) mass is 356 g/mol. The van der Waals surface area contributed by atoms with E-state index < -0.39 is 0 Å². The Morgan fingerprint density at radius 3 is 2.88 bits per heavy atom. The van der Waals surface area contributed by atoms with Crippen molar-refractivity contribution in [2.24, 2.45) is 0 Å². The average molecular weight is 356 g/mol. The molecule has 0 aliphatic rings. The third-order valence-electron chi connectivity index (χ3n) is 3.61. The number of hydrogen-bond donors (Lipinski definition) is 2. The first-order valence-corrected chi connectivity index (χ1v) is 8.95. The molecule has 0 fully saturated rings. The van der Waals surface area contributed by atoms with Gasteiger partial charge in [-0.15, -0.1) is 11.3 Å². The Balaban J connectivity index is 1.65. The molecule has 2 amide bonds. The molecule has 6 nitrogen and oxygen atoms in total. The first kappa shape index (κ1) is 17.0. The highest BCUT2D eigenvalue weighted by molar-refractivity contribution is 7.10. The Hall–Kier alpha value is -2.80. The Bertz CT molecular complexity index is 753. The van der Waals surface area contributed by atoms with Crippen LogP contribution in [0.4, 0.5) is 10.5 Å². The van der Waals surface area contributed by atoms with E-state index in [1.54, 1.807) is 17.5 Å². The molecule has 3 aromatic rings. The number of carbonyl (C=O) groups excluding carboxylic acids is 1. The van der Waals surface area contributed by atoms with Crippen molar-refractivity contribution in [1.82, 2.24) is 15.1 Å². The van der Waals surface area contributed by atoms with Gasteiger partial charge in [0, 0.05) is 23.8 Å². The maximum atomic E-state index is 12.3. The molecule has 2 N–H and O–H groups in total. The molecule has 130 valence electrons. The number of para-hydroxylation sites is 2. The van der Waals surface area contributed by atoms with Crippen LogP contribution in [0.5, 0.6) is 5.75 Å². The summed E-state index contributed by atoms with van der Waals surface area (Å²) in [6.07, 6.45) is 3.63. The summed E-state index contributed by atoms with van der Waals surface area (Å²) in [6.45, 7) is 2.89. The number of rotatable bonds is 7. The van der Waals surface area contributed by atoms with Gasteiger partial charge in [-0.1, -0.05) is 18.2 Å². The van der Waals surface area contributed by atoms with Crippen molar-refractivity contribution in [2.75, 3.05) is 18.5 Å². The number of thiophene rings is 1. The number of anilines is 1. The maximum Gasteiger partial charge on any atom is 0.319 e. The van der Waals surface area contributed by atoms with Crippen LogP contribution in [0.25, 0.3) is 0 Å². The Labute approximate surface area is 150 Å². The first-order valence-electron chi connectivity index (χ1n) is 8.07. The number of carbonyl (C=O) groups is 1. The van der Waals surface area contributed by atoms with Crippen LogP contribution in [0.1, 0.15) is 17.8 Å². The van der Waals surface area contributed by atoms with Gasteiger partial charge in [-0.2, -0.15) is 5.10 Å². The molecule has 0 radical (unpaired) electrons. The summed E-state index contributed by atoms with van der Waals surface area (Å²) in [5, 5.41) is 12.1. The summed E-state index contributed by atoms with van der Waals surface area (Å²) in [6, 6.07) is 13.0. The first-order chi connectivity index (χ1) is 12.3. The van der Waals surface area contributed by atoms with Gasteiger partial charge in [0.05, 0.1) is 12.3 Å². The van der Waals surface area contributed by atoms with Gasteiger partial charge in [-0.3, -0.25) is 4.68 Å². The number of urea groups is 1. The Kier molecular flexibility index (Phi) is 5.69. The molecule has 0 saturated carbocycles. The van der Waals surface area contributed by atoms with E-state index in [-0.39, 0.29) is 12.1 Å². The van der Waals surface area contributed by atoms with Crippen LogP contribution in [0.15, 0.2) is 60.2 Å². The molecule has 3 rings (SSSR count). The summed E-state index contributed by atoms with van der Waals surface area (Å²) in [5.74, 6) is 0.655. The topological polar surface area (TPSA) is 68.2 Å². The minimum absolute atomic E-state index is 0.0390. The second-order valence-electron chi connectivity index (χ2n) is 5.28. The van der Waals surface area contributed by atoms with Crippen LogP contribution in [-0.4, -0.2) is 29.0 Å². The molecule has 1 unspecified atom stereocenters. The zero-order valence-corrected chi connectivity index (χ0v) is 14.7. The van der Waals surface area contributed by atoms with E-state index in [4.69, 9.17) is 4.74 Å². The second kappa shape index (κ2) is 8.34. The highest BCUT2D eigenvalue weighted by atomic mass is 32.1. The quantitative estimate of drug-likeness (QED) is 0.677. The van der Waals surface area contributed by atoms with Gasteiger partial charge >= 0.3 is 6.03 Å². The molecular formula is C18H20N4O2S. The van der Waals surface area contributed by atoms with E-state index in [1.807, 2.05) is 65.6 Å². The number of nitrogens with zero attached hydrogens (tertiary/aromatic N) is 2.